The lowest BCUT2D eigenvalue weighted by molar-refractivity contribution is -0.120. The first-order valence-corrected chi connectivity index (χ1v) is 8.43. The molecule has 6 heteroatoms. The van der Waals surface area contributed by atoms with Crippen LogP contribution in [0.4, 0.5) is 0 Å². The Labute approximate surface area is 155 Å². The molecule has 2 rings (SSSR count). The summed E-state index contributed by atoms with van der Waals surface area (Å²) in [6.07, 6.45) is 3.50. The quantitative estimate of drug-likeness (QED) is 0.577. The molecule has 128 valence electrons. The molecule has 2 amide bonds. The molecular weight excluding hydrogens is 382 g/mol. The number of halogens is 1. The third kappa shape index (κ3) is 6.35. The molecule has 0 radical (unpaired) electrons. The van der Waals surface area contributed by atoms with Gasteiger partial charge < -0.3 is 5.32 Å². The summed E-state index contributed by atoms with van der Waals surface area (Å²) in [6, 6.07) is 16.8. The van der Waals surface area contributed by atoms with E-state index in [0.29, 0.717) is 10.0 Å². The molecule has 2 aromatic rings. The molecular formula is C19H18BrN3O2. The largest absolute Gasteiger partial charge is 0.343 e. The number of rotatable bonds is 6. The van der Waals surface area contributed by atoms with Crippen molar-refractivity contribution in [1.29, 1.82) is 0 Å². The van der Waals surface area contributed by atoms with E-state index in [9.17, 15) is 9.59 Å². The summed E-state index contributed by atoms with van der Waals surface area (Å²) in [7, 11) is 0. The van der Waals surface area contributed by atoms with Gasteiger partial charge in [0.15, 0.2) is 0 Å². The zero-order valence-corrected chi connectivity index (χ0v) is 15.3. The molecule has 0 heterocycles. The van der Waals surface area contributed by atoms with Gasteiger partial charge >= 0.3 is 0 Å². The first-order valence-electron chi connectivity index (χ1n) is 7.64. The lowest BCUT2D eigenvalue weighted by atomic mass is 10.1. The van der Waals surface area contributed by atoms with Crippen LogP contribution in [0.15, 0.2) is 69.7 Å². The Kier molecular flexibility index (Phi) is 7.10. The molecule has 0 bridgehead atoms. The number of nitrogens with one attached hydrogen (secondary N) is 2. The van der Waals surface area contributed by atoms with Crippen molar-refractivity contribution in [2.24, 2.45) is 5.10 Å². The Morgan fingerprint density at radius 2 is 1.76 bits per heavy atom. The van der Waals surface area contributed by atoms with Gasteiger partial charge in [-0.1, -0.05) is 48.5 Å². The van der Waals surface area contributed by atoms with Gasteiger partial charge in [0.25, 0.3) is 11.8 Å². The molecule has 0 aliphatic carbocycles. The topological polar surface area (TPSA) is 70.6 Å². The summed E-state index contributed by atoms with van der Waals surface area (Å²) >= 11 is 3.30. The number of allylic oxidation sites excluding steroid dienone is 1. The van der Waals surface area contributed by atoms with Crippen molar-refractivity contribution >= 4 is 40.0 Å². The van der Waals surface area contributed by atoms with E-state index in [2.05, 4.69) is 31.8 Å². The molecule has 0 unspecified atom stereocenters. The maximum atomic E-state index is 12.0. The zero-order valence-electron chi connectivity index (χ0n) is 13.7. The summed E-state index contributed by atoms with van der Waals surface area (Å²) in [5.74, 6) is -0.726. The van der Waals surface area contributed by atoms with Gasteiger partial charge in [-0.15, -0.1) is 0 Å². The number of hydrogen-bond acceptors (Lipinski definition) is 3. The molecule has 0 aliphatic rings. The predicted octanol–water partition coefficient (Wildman–Crippen LogP) is 3.38. The number of carbonyl (C=O) groups is 2. The Bertz CT molecular complexity index is 801. The number of nitrogens with zero attached hydrogens (tertiary/aromatic N) is 1. The van der Waals surface area contributed by atoms with Crippen LogP contribution < -0.4 is 10.7 Å². The average molecular weight is 400 g/mol. The maximum absolute atomic E-state index is 12.0. The highest BCUT2D eigenvalue weighted by Gasteiger charge is 2.10. The van der Waals surface area contributed by atoms with Crippen LogP contribution in [0.5, 0.6) is 0 Å². The average Bonchev–Trinajstić information content (AvgIpc) is 2.61. The van der Waals surface area contributed by atoms with Gasteiger partial charge in [-0.3, -0.25) is 9.59 Å². The van der Waals surface area contributed by atoms with Gasteiger partial charge in [-0.25, -0.2) is 5.43 Å². The van der Waals surface area contributed by atoms with Crippen LogP contribution in [0, 0.1) is 0 Å². The number of benzene rings is 2. The van der Waals surface area contributed by atoms with Crippen molar-refractivity contribution in [3.8, 4) is 0 Å². The fourth-order valence-corrected chi connectivity index (χ4v) is 2.46. The van der Waals surface area contributed by atoms with E-state index >= 15 is 0 Å². The second-order valence-corrected chi connectivity index (χ2v) is 6.11. The fourth-order valence-electron chi connectivity index (χ4n) is 2.00. The third-order valence-electron chi connectivity index (χ3n) is 3.18. The fraction of sp³-hybridized carbons (Fsp3) is 0.105. The van der Waals surface area contributed by atoms with Crippen LogP contribution in [0.25, 0.3) is 6.08 Å². The summed E-state index contributed by atoms with van der Waals surface area (Å²) in [6.45, 7) is 1.73. The van der Waals surface area contributed by atoms with Crippen LogP contribution in [0.3, 0.4) is 0 Å². The second-order valence-electron chi connectivity index (χ2n) is 5.25. The van der Waals surface area contributed by atoms with Crippen LogP contribution in [0.2, 0.25) is 0 Å². The minimum absolute atomic E-state index is 0.154. The number of hydrogen-bond donors (Lipinski definition) is 2. The third-order valence-corrected chi connectivity index (χ3v) is 3.87. The second kappa shape index (κ2) is 9.54. The zero-order chi connectivity index (χ0) is 18.1. The van der Waals surface area contributed by atoms with Crippen molar-refractivity contribution in [2.45, 2.75) is 6.92 Å². The first-order chi connectivity index (χ1) is 12.1. The van der Waals surface area contributed by atoms with Crippen molar-refractivity contribution in [3.63, 3.8) is 0 Å². The van der Waals surface area contributed by atoms with Crippen LogP contribution in [-0.2, 0) is 4.79 Å². The van der Waals surface area contributed by atoms with E-state index in [1.807, 2.05) is 49.4 Å². The first kappa shape index (κ1) is 18.6. The van der Waals surface area contributed by atoms with E-state index in [-0.39, 0.29) is 12.5 Å². The Balaban J connectivity index is 1.80. The minimum atomic E-state index is -0.399. The molecule has 5 nitrogen and oxygen atoms in total. The van der Waals surface area contributed by atoms with E-state index in [0.717, 1.165) is 11.1 Å². The molecule has 2 N–H and O–H groups in total. The molecule has 0 saturated carbocycles. The van der Waals surface area contributed by atoms with Gasteiger partial charge in [0.1, 0.15) is 0 Å². The molecule has 0 aliphatic heterocycles. The summed E-state index contributed by atoms with van der Waals surface area (Å²) in [5, 5.41) is 6.43. The van der Waals surface area contributed by atoms with Gasteiger partial charge in [0.2, 0.25) is 0 Å². The Morgan fingerprint density at radius 1 is 1.08 bits per heavy atom. The highest BCUT2D eigenvalue weighted by Crippen LogP contribution is 2.15. The van der Waals surface area contributed by atoms with E-state index < -0.39 is 5.91 Å². The Hall–Kier alpha value is -2.73. The van der Waals surface area contributed by atoms with Crippen molar-refractivity contribution in [1.82, 2.24) is 10.7 Å². The SMILES string of the molecule is CC(C=NNC(=O)CNC(=O)c1ccccc1Br)=Cc1ccccc1. The lowest BCUT2D eigenvalue weighted by Crippen LogP contribution is -2.35. The van der Waals surface area contributed by atoms with Gasteiger partial charge in [-0.2, -0.15) is 5.10 Å². The summed E-state index contributed by atoms with van der Waals surface area (Å²) in [4.78, 5) is 23.7. The van der Waals surface area contributed by atoms with Crippen LogP contribution in [-0.4, -0.2) is 24.6 Å². The number of amides is 2. The van der Waals surface area contributed by atoms with Gasteiger partial charge in [-0.05, 0) is 46.1 Å². The molecule has 0 atom stereocenters. The Morgan fingerprint density at radius 3 is 2.48 bits per heavy atom. The van der Waals surface area contributed by atoms with Crippen molar-refractivity contribution in [2.75, 3.05) is 6.54 Å². The normalized spacial score (nSPS) is 11.4. The highest BCUT2D eigenvalue weighted by atomic mass is 79.9. The smallest absolute Gasteiger partial charge is 0.259 e. The molecule has 0 fully saturated rings. The number of hydrazone groups is 1. The molecule has 0 saturated heterocycles. The van der Waals surface area contributed by atoms with Gasteiger partial charge in [0.05, 0.1) is 18.3 Å². The summed E-state index contributed by atoms with van der Waals surface area (Å²) in [5.41, 5.74) is 4.80. The standard InChI is InChI=1S/C19H18BrN3O2/c1-14(11-15-7-3-2-4-8-15)12-22-23-18(24)13-21-19(25)16-9-5-6-10-17(16)20/h2-12H,13H2,1H3,(H,21,25)(H,23,24). The number of carbonyl (C=O) groups excluding carboxylic acids is 2. The van der Waals surface area contributed by atoms with E-state index in [4.69, 9.17) is 0 Å². The molecule has 0 aromatic heterocycles. The van der Waals surface area contributed by atoms with E-state index in [1.54, 1.807) is 24.4 Å². The highest BCUT2D eigenvalue weighted by molar-refractivity contribution is 9.10. The predicted molar refractivity (Wildman–Crippen MR) is 103 cm³/mol. The summed E-state index contributed by atoms with van der Waals surface area (Å²) < 4.78 is 0.674. The molecule has 2 aromatic carbocycles. The minimum Gasteiger partial charge on any atom is -0.343 e. The van der Waals surface area contributed by atoms with Crippen molar-refractivity contribution < 1.29 is 9.59 Å². The monoisotopic (exact) mass is 399 g/mol. The maximum Gasteiger partial charge on any atom is 0.259 e. The van der Waals surface area contributed by atoms with Crippen molar-refractivity contribution in [3.05, 3.63) is 75.8 Å². The lowest BCUT2D eigenvalue weighted by Gasteiger charge is -2.05. The molecule has 25 heavy (non-hydrogen) atoms. The van der Waals surface area contributed by atoms with Crippen LogP contribution in [0.1, 0.15) is 22.8 Å². The van der Waals surface area contributed by atoms with Crippen LogP contribution >= 0.6 is 15.9 Å². The molecule has 0 spiro atoms. The van der Waals surface area contributed by atoms with Gasteiger partial charge in [0, 0.05) is 4.47 Å². The van der Waals surface area contributed by atoms with E-state index in [1.165, 1.54) is 0 Å².